The van der Waals surface area contributed by atoms with Gasteiger partial charge in [0.1, 0.15) is 5.75 Å². The van der Waals surface area contributed by atoms with Crippen LogP contribution in [0, 0.1) is 13.8 Å². The van der Waals surface area contributed by atoms with Crippen LogP contribution in [0.4, 0.5) is 0 Å². The number of hydrogen-bond donors (Lipinski definition) is 2. The van der Waals surface area contributed by atoms with Crippen LogP contribution in [0.3, 0.4) is 0 Å². The van der Waals surface area contributed by atoms with E-state index in [4.69, 9.17) is 4.74 Å². The molecule has 21 heavy (non-hydrogen) atoms. The molecule has 118 valence electrons. The van der Waals surface area contributed by atoms with E-state index in [0.717, 1.165) is 16.9 Å². The maximum Gasteiger partial charge on any atom is 0.223 e. The average Bonchev–Trinajstić information content (AvgIpc) is 2.44. The Balaban J connectivity index is 2.33. The Morgan fingerprint density at radius 1 is 1.19 bits per heavy atom. The van der Waals surface area contributed by atoms with Crippen molar-refractivity contribution in [2.45, 2.75) is 52.6 Å². The number of aliphatic hydroxyl groups is 1. The summed E-state index contributed by atoms with van der Waals surface area (Å²) in [5.41, 5.74) is 1.49. The third-order valence-electron chi connectivity index (χ3n) is 3.72. The normalized spacial score (nSPS) is 11.3. The molecular formula is C17H27NO3. The van der Waals surface area contributed by atoms with Crippen molar-refractivity contribution >= 4 is 5.91 Å². The highest BCUT2D eigenvalue weighted by Gasteiger charge is 2.22. The van der Waals surface area contributed by atoms with Gasteiger partial charge in [-0.2, -0.15) is 0 Å². The summed E-state index contributed by atoms with van der Waals surface area (Å²) in [4.78, 5) is 11.7. The fourth-order valence-electron chi connectivity index (χ4n) is 2.13. The third-order valence-corrected chi connectivity index (χ3v) is 3.72. The molecule has 0 bridgehead atoms. The molecule has 0 aliphatic carbocycles. The second-order valence-electron chi connectivity index (χ2n) is 5.63. The first-order chi connectivity index (χ1) is 9.88. The zero-order valence-electron chi connectivity index (χ0n) is 13.5. The maximum absolute atomic E-state index is 11.7. The van der Waals surface area contributed by atoms with E-state index < -0.39 is 5.60 Å². The third kappa shape index (κ3) is 6.17. The van der Waals surface area contributed by atoms with Gasteiger partial charge in [-0.25, -0.2) is 0 Å². The van der Waals surface area contributed by atoms with Crippen LogP contribution in [0.5, 0.6) is 5.75 Å². The minimum Gasteiger partial charge on any atom is -0.493 e. The van der Waals surface area contributed by atoms with Gasteiger partial charge in [0.05, 0.1) is 18.6 Å². The Bertz CT molecular complexity index is 447. The van der Waals surface area contributed by atoms with Gasteiger partial charge in [-0.1, -0.05) is 19.9 Å². The number of aryl methyl sites for hydroxylation is 2. The first-order valence-electron chi connectivity index (χ1n) is 7.58. The van der Waals surface area contributed by atoms with E-state index >= 15 is 0 Å². The Morgan fingerprint density at radius 3 is 2.29 bits per heavy atom. The predicted octanol–water partition coefficient (Wildman–Crippen LogP) is 2.74. The molecule has 0 aliphatic rings. The van der Waals surface area contributed by atoms with Crippen molar-refractivity contribution in [1.82, 2.24) is 5.32 Å². The fourth-order valence-corrected chi connectivity index (χ4v) is 2.13. The SMILES string of the molecule is CCC(O)(CC)CNC(=O)CCOc1cc(C)cc(C)c1. The van der Waals surface area contributed by atoms with E-state index in [1.807, 2.05) is 39.8 Å². The molecule has 0 unspecified atom stereocenters. The van der Waals surface area contributed by atoms with Gasteiger partial charge in [-0.15, -0.1) is 0 Å². The van der Waals surface area contributed by atoms with Crippen molar-refractivity contribution in [3.63, 3.8) is 0 Å². The molecular weight excluding hydrogens is 266 g/mol. The monoisotopic (exact) mass is 293 g/mol. The molecule has 1 amide bonds. The fraction of sp³-hybridized carbons (Fsp3) is 0.588. The first-order valence-corrected chi connectivity index (χ1v) is 7.58. The average molecular weight is 293 g/mol. The Morgan fingerprint density at radius 2 is 1.76 bits per heavy atom. The smallest absolute Gasteiger partial charge is 0.223 e. The molecule has 0 heterocycles. The summed E-state index contributed by atoms with van der Waals surface area (Å²) in [6.07, 6.45) is 1.54. The van der Waals surface area contributed by atoms with Crippen LogP contribution >= 0.6 is 0 Å². The summed E-state index contributed by atoms with van der Waals surface area (Å²) in [5, 5.41) is 12.9. The molecule has 0 spiro atoms. The van der Waals surface area contributed by atoms with Gasteiger partial charge in [-0.05, 0) is 49.9 Å². The number of carbonyl (C=O) groups excluding carboxylic acids is 1. The Kier molecular flexibility index (Phi) is 6.69. The number of rotatable bonds is 8. The van der Waals surface area contributed by atoms with Crippen molar-refractivity contribution < 1.29 is 14.6 Å². The lowest BCUT2D eigenvalue weighted by molar-refractivity contribution is -0.122. The Labute approximate surface area is 127 Å². The van der Waals surface area contributed by atoms with Crippen LogP contribution in [-0.2, 0) is 4.79 Å². The van der Waals surface area contributed by atoms with Gasteiger partial charge < -0.3 is 15.2 Å². The summed E-state index contributed by atoms with van der Waals surface area (Å²) < 4.78 is 5.60. The number of carbonyl (C=O) groups is 1. The first kappa shape index (κ1) is 17.5. The number of benzene rings is 1. The highest BCUT2D eigenvalue weighted by molar-refractivity contribution is 5.76. The summed E-state index contributed by atoms with van der Waals surface area (Å²) in [5.74, 6) is 0.693. The predicted molar refractivity (Wildman–Crippen MR) is 84.6 cm³/mol. The van der Waals surface area contributed by atoms with E-state index in [9.17, 15) is 9.90 Å². The lowest BCUT2D eigenvalue weighted by Crippen LogP contribution is -2.42. The van der Waals surface area contributed by atoms with Crippen LogP contribution in [-0.4, -0.2) is 29.8 Å². The highest BCUT2D eigenvalue weighted by Crippen LogP contribution is 2.16. The van der Waals surface area contributed by atoms with Crippen LogP contribution < -0.4 is 10.1 Å². The minimum absolute atomic E-state index is 0.0975. The standard InChI is InChI=1S/C17H27NO3/c1-5-17(20,6-2)12-18-16(19)7-8-21-15-10-13(3)9-14(4)11-15/h9-11,20H,5-8,12H2,1-4H3,(H,18,19). The second kappa shape index (κ2) is 8.03. The summed E-state index contributed by atoms with van der Waals surface area (Å²) in [6, 6.07) is 5.99. The highest BCUT2D eigenvalue weighted by atomic mass is 16.5. The summed E-state index contributed by atoms with van der Waals surface area (Å²) in [6.45, 7) is 8.50. The molecule has 0 saturated carbocycles. The number of hydrogen-bond acceptors (Lipinski definition) is 3. The topological polar surface area (TPSA) is 58.6 Å². The molecule has 0 atom stereocenters. The molecule has 1 aromatic rings. The molecule has 0 aromatic heterocycles. The van der Waals surface area contributed by atoms with Crippen LogP contribution in [0.15, 0.2) is 18.2 Å². The molecule has 0 saturated heterocycles. The van der Waals surface area contributed by atoms with Crippen molar-refractivity contribution in [2.75, 3.05) is 13.2 Å². The number of amides is 1. The minimum atomic E-state index is -0.801. The van der Waals surface area contributed by atoms with Gasteiger partial charge in [0, 0.05) is 6.54 Å². The molecule has 2 N–H and O–H groups in total. The van der Waals surface area contributed by atoms with Crippen LogP contribution in [0.2, 0.25) is 0 Å². The van der Waals surface area contributed by atoms with Crippen molar-refractivity contribution in [2.24, 2.45) is 0 Å². The van der Waals surface area contributed by atoms with Gasteiger partial charge in [0.2, 0.25) is 5.91 Å². The van der Waals surface area contributed by atoms with E-state index in [2.05, 4.69) is 11.4 Å². The van der Waals surface area contributed by atoms with E-state index in [0.29, 0.717) is 26.0 Å². The largest absolute Gasteiger partial charge is 0.493 e. The molecule has 1 aromatic carbocycles. The van der Waals surface area contributed by atoms with Gasteiger partial charge in [-0.3, -0.25) is 4.79 Å². The van der Waals surface area contributed by atoms with Crippen molar-refractivity contribution in [3.05, 3.63) is 29.3 Å². The quantitative estimate of drug-likeness (QED) is 0.775. The van der Waals surface area contributed by atoms with Crippen molar-refractivity contribution in [3.8, 4) is 5.75 Å². The van der Waals surface area contributed by atoms with E-state index in [1.54, 1.807) is 0 Å². The summed E-state index contributed by atoms with van der Waals surface area (Å²) in [7, 11) is 0. The number of nitrogens with one attached hydrogen (secondary N) is 1. The van der Waals surface area contributed by atoms with Gasteiger partial charge >= 0.3 is 0 Å². The molecule has 0 fully saturated rings. The molecule has 0 radical (unpaired) electrons. The van der Waals surface area contributed by atoms with Crippen molar-refractivity contribution in [1.29, 1.82) is 0 Å². The van der Waals surface area contributed by atoms with Crippen LogP contribution in [0.1, 0.15) is 44.2 Å². The lowest BCUT2D eigenvalue weighted by atomic mass is 9.97. The molecule has 0 aliphatic heterocycles. The zero-order valence-corrected chi connectivity index (χ0v) is 13.5. The van der Waals surface area contributed by atoms with Crippen LogP contribution in [0.25, 0.3) is 0 Å². The molecule has 4 nitrogen and oxygen atoms in total. The van der Waals surface area contributed by atoms with E-state index in [-0.39, 0.29) is 12.3 Å². The van der Waals surface area contributed by atoms with Gasteiger partial charge in [0.15, 0.2) is 0 Å². The lowest BCUT2D eigenvalue weighted by Gasteiger charge is -2.25. The van der Waals surface area contributed by atoms with E-state index in [1.165, 1.54) is 0 Å². The maximum atomic E-state index is 11.7. The number of ether oxygens (including phenoxy) is 1. The van der Waals surface area contributed by atoms with Gasteiger partial charge in [0.25, 0.3) is 0 Å². The Hall–Kier alpha value is -1.55. The molecule has 4 heteroatoms. The summed E-state index contributed by atoms with van der Waals surface area (Å²) >= 11 is 0. The molecule has 1 rings (SSSR count). The zero-order chi connectivity index (χ0) is 15.9. The second-order valence-corrected chi connectivity index (χ2v) is 5.63.